The number of nitrogens with zero attached hydrogens (tertiary/aromatic N) is 2. The smallest absolute Gasteiger partial charge is 0.244 e. The lowest BCUT2D eigenvalue weighted by molar-refractivity contribution is -0.116. The lowest BCUT2D eigenvalue weighted by Crippen LogP contribution is -2.23. The molecular weight excluding hydrogens is 346 g/mol. The molecule has 0 aliphatic carbocycles. The molecule has 0 radical (unpaired) electrons. The van der Waals surface area contributed by atoms with Gasteiger partial charge in [0, 0.05) is 36.5 Å². The van der Waals surface area contributed by atoms with Gasteiger partial charge < -0.3 is 5.32 Å². The maximum atomic E-state index is 11.9. The van der Waals surface area contributed by atoms with E-state index in [1.165, 1.54) is 11.6 Å². The van der Waals surface area contributed by atoms with Crippen LogP contribution in [0, 0.1) is 0 Å². The number of rotatable bonds is 6. The monoisotopic (exact) mass is 365 g/mol. The normalized spacial score (nSPS) is 11.0. The number of amides is 1. The van der Waals surface area contributed by atoms with Gasteiger partial charge in [-0.05, 0) is 35.3 Å². The molecule has 0 fully saturated rings. The van der Waals surface area contributed by atoms with Crippen LogP contribution in [0.4, 0.5) is 0 Å². The number of aromatic nitrogens is 2. The number of carbonyl (C=O) groups is 1. The number of benzene rings is 2. The Morgan fingerprint density at radius 2 is 1.92 bits per heavy atom. The van der Waals surface area contributed by atoms with Crippen molar-refractivity contribution in [2.45, 2.75) is 6.42 Å². The molecule has 0 aliphatic rings. The van der Waals surface area contributed by atoms with E-state index >= 15 is 0 Å². The van der Waals surface area contributed by atoms with Crippen molar-refractivity contribution >= 4 is 23.6 Å². The van der Waals surface area contributed by atoms with Gasteiger partial charge in [-0.25, -0.2) is 0 Å². The quantitative estimate of drug-likeness (QED) is 0.668. The van der Waals surface area contributed by atoms with Crippen molar-refractivity contribution in [1.82, 2.24) is 15.1 Å². The van der Waals surface area contributed by atoms with Crippen LogP contribution < -0.4 is 5.32 Å². The van der Waals surface area contributed by atoms with Gasteiger partial charge in [-0.2, -0.15) is 5.10 Å². The summed E-state index contributed by atoms with van der Waals surface area (Å²) in [4.78, 5) is 11.9. The van der Waals surface area contributed by atoms with Gasteiger partial charge in [0.05, 0.1) is 6.20 Å². The number of carbonyl (C=O) groups excluding carboxylic acids is 1. The zero-order valence-electron chi connectivity index (χ0n) is 14.5. The minimum atomic E-state index is -0.128. The highest BCUT2D eigenvalue weighted by molar-refractivity contribution is 6.32. The average Bonchev–Trinajstić information content (AvgIpc) is 3.08. The van der Waals surface area contributed by atoms with Crippen molar-refractivity contribution in [3.05, 3.63) is 83.2 Å². The number of hydrogen-bond acceptors (Lipinski definition) is 2. The number of hydrogen-bond donors (Lipinski definition) is 1. The highest BCUT2D eigenvalue weighted by atomic mass is 35.5. The Kier molecular flexibility index (Phi) is 5.87. The third kappa shape index (κ3) is 4.83. The molecule has 26 heavy (non-hydrogen) atoms. The van der Waals surface area contributed by atoms with E-state index in [4.69, 9.17) is 11.6 Å². The van der Waals surface area contributed by atoms with Gasteiger partial charge in [0.1, 0.15) is 0 Å². The van der Waals surface area contributed by atoms with Crippen LogP contribution in [0.15, 0.2) is 67.0 Å². The van der Waals surface area contributed by atoms with Crippen molar-refractivity contribution in [2.24, 2.45) is 7.05 Å². The Labute approximate surface area is 158 Å². The van der Waals surface area contributed by atoms with E-state index in [0.717, 1.165) is 23.1 Å². The molecule has 3 rings (SSSR count). The molecule has 0 aliphatic heterocycles. The van der Waals surface area contributed by atoms with E-state index in [0.29, 0.717) is 11.6 Å². The van der Waals surface area contributed by atoms with Crippen LogP contribution in [0.5, 0.6) is 0 Å². The third-order valence-corrected chi connectivity index (χ3v) is 4.37. The van der Waals surface area contributed by atoms with Gasteiger partial charge >= 0.3 is 0 Å². The molecule has 0 bridgehead atoms. The molecule has 0 saturated heterocycles. The zero-order valence-corrected chi connectivity index (χ0v) is 15.3. The highest BCUT2D eigenvalue weighted by Crippen LogP contribution is 2.19. The summed E-state index contributed by atoms with van der Waals surface area (Å²) >= 11 is 6.06. The van der Waals surface area contributed by atoms with Gasteiger partial charge in [0.2, 0.25) is 5.91 Å². The largest absolute Gasteiger partial charge is 0.352 e. The SMILES string of the molecule is Cn1cc(-c2ccc(CCNC(=O)/C=C/c3ccccc3Cl)cc2)cn1. The van der Waals surface area contributed by atoms with Crippen LogP contribution >= 0.6 is 11.6 Å². The topological polar surface area (TPSA) is 46.9 Å². The van der Waals surface area contributed by atoms with E-state index in [-0.39, 0.29) is 5.91 Å². The summed E-state index contributed by atoms with van der Waals surface area (Å²) in [7, 11) is 1.90. The van der Waals surface area contributed by atoms with Crippen molar-refractivity contribution in [3.63, 3.8) is 0 Å². The molecule has 5 heteroatoms. The van der Waals surface area contributed by atoms with Crippen molar-refractivity contribution in [1.29, 1.82) is 0 Å². The lowest BCUT2D eigenvalue weighted by atomic mass is 10.1. The highest BCUT2D eigenvalue weighted by Gasteiger charge is 2.02. The summed E-state index contributed by atoms with van der Waals surface area (Å²) in [6.45, 7) is 0.581. The van der Waals surface area contributed by atoms with Crippen molar-refractivity contribution in [3.8, 4) is 11.1 Å². The second-order valence-electron chi connectivity index (χ2n) is 6.00. The number of halogens is 1. The molecule has 1 amide bonds. The van der Waals surface area contributed by atoms with Crippen LogP contribution in [0.3, 0.4) is 0 Å². The molecule has 3 aromatic rings. The van der Waals surface area contributed by atoms with Gasteiger partial charge in [0.25, 0.3) is 0 Å². The van der Waals surface area contributed by atoms with E-state index in [1.807, 2.05) is 37.6 Å². The molecule has 0 spiro atoms. The summed E-state index contributed by atoms with van der Waals surface area (Å²) in [5, 5.41) is 7.70. The molecule has 0 saturated carbocycles. The van der Waals surface area contributed by atoms with Crippen LogP contribution in [0.2, 0.25) is 5.02 Å². The summed E-state index contributed by atoms with van der Waals surface area (Å²) < 4.78 is 1.79. The first kappa shape index (κ1) is 18.0. The fourth-order valence-corrected chi connectivity index (χ4v) is 2.80. The summed E-state index contributed by atoms with van der Waals surface area (Å²) in [5.74, 6) is -0.128. The van der Waals surface area contributed by atoms with E-state index < -0.39 is 0 Å². The fraction of sp³-hybridized carbons (Fsp3) is 0.143. The number of nitrogens with one attached hydrogen (secondary N) is 1. The van der Waals surface area contributed by atoms with Crippen molar-refractivity contribution < 1.29 is 4.79 Å². The maximum Gasteiger partial charge on any atom is 0.244 e. The molecule has 132 valence electrons. The van der Waals surface area contributed by atoms with E-state index in [9.17, 15) is 4.79 Å². The molecule has 2 aromatic carbocycles. The molecule has 1 N–H and O–H groups in total. The van der Waals surface area contributed by atoms with Crippen molar-refractivity contribution in [2.75, 3.05) is 6.54 Å². The first-order valence-electron chi connectivity index (χ1n) is 8.40. The standard InChI is InChI=1S/C21H20ClN3O/c1-25-15-19(14-24-25)17-8-6-16(7-9-17)12-13-23-21(26)11-10-18-4-2-3-5-20(18)22/h2-11,14-15H,12-13H2,1H3,(H,23,26)/b11-10+. The van der Waals surface area contributed by atoms with Crippen LogP contribution in [0.1, 0.15) is 11.1 Å². The summed E-state index contributed by atoms with van der Waals surface area (Å²) in [6.07, 6.45) is 7.84. The molecule has 1 heterocycles. The second kappa shape index (κ2) is 8.50. The average molecular weight is 366 g/mol. The molecule has 0 unspecified atom stereocenters. The predicted molar refractivity (Wildman–Crippen MR) is 106 cm³/mol. The molecule has 1 aromatic heterocycles. The van der Waals surface area contributed by atoms with E-state index in [2.05, 4.69) is 34.7 Å². The molecule has 0 atom stereocenters. The Hall–Kier alpha value is -2.85. The Balaban J connectivity index is 1.48. The predicted octanol–water partition coefficient (Wildman–Crippen LogP) is 4.11. The van der Waals surface area contributed by atoms with Gasteiger partial charge in [0.15, 0.2) is 0 Å². The van der Waals surface area contributed by atoms with Gasteiger partial charge in [-0.1, -0.05) is 54.1 Å². The van der Waals surface area contributed by atoms with Crippen LogP contribution in [0.25, 0.3) is 17.2 Å². The fourth-order valence-electron chi connectivity index (χ4n) is 2.60. The lowest BCUT2D eigenvalue weighted by Gasteiger charge is -2.04. The third-order valence-electron chi connectivity index (χ3n) is 4.02. The summed E-state index contributed by atoms with van der Waals surface area (Å²) in [5.41, 5.74) is 4.23. The molecule has 4 nitrogen and oxygen atoms in total. The van der Waals surface area contributed by atoms with Gasteiger partial charge in [-0.15, -0.1) is 0 Å². The first-order chi connectivity index (χ1) is 12.6. The van der Waals surface area contributed by atoms with Crippen LogP contribution in [-0.4, -0.2) is 22.2 Å². The maximum absolute atomic E-state index is 11.9. The molecular formula is C21H20ClN3O. The Morgan fingerprint density at radius 3 is 2.62 bits per heavy atom. The van der Waals surface area contributed by atoms with Gasteiger partial charge in [-0.3, -0.25) is 9.48 Å². The van der Waals surface area contributed by atoms with E-state index in [1.54, 1.807) is 16.8 Å². The second-order valence-corrected chi connectivity index (χ2v) is 6.40. The minimum absolute atomic E-state index is 0.128. The minimum Gasteiger partial charge on any atom is -0.352 e. The first-order valence-corrected chi connectivity index (χ1v) is 8.78. The Bertz CT molecular complexity index is 913. The Morgan fingerprint density at radius 1 is 1.15 bits per heavy atom. The summed E-state index contributed by atoms with van der Waals surface area (Å²) in [6, 6.07) is 15.7. The van der Waals surface area contributed by atoms with Crippen LogP contribution in [-0.2, 0) is 18.3 Å². The number of aryl methyl sites for hydroxylation is 1. The zero-order chi connectivity index (χ0) is 18.4.